The molecule has 18 heavy (non-hydrogen) atoms. The van der Waals surface area contributed by atoms with Crippen molar-refractivity contribution in [1.82, 2.24) is 10.2 Å². The number of nitrogens with one attached hydrogen (secondary N) is 1. The Bertz CT molecular complexity index is 361. The van der Waals surface area contributed by atoms with Crippen LogP contribution in [-0.4, -0.2) is 41.3 Å². The van der Waals surface area contributed by atoms with Crippen LogP contribution in [0.2, 0.25) is 0 Å². The molecule has 0 saturated carbocycles. The van der Waals surface area contributed by atoms with Crippen LogP contribution in [0.25, 0.3) is 0 Å². The van der Waals surface area contributed by atoms with Gasteiger partial charge >= 0.3 is 6.09 Å². The summed E-state index contributed by atoms with van der Waals surface area (Å²) in [4.78, 5) is 14.4. The first-order valence-corrected chi connectivity index (χ1v) is 7.11. The lowest BCUT2D eigenvalue weighted by molar-refractivity contribution is -0.00426. The summed E-state index contributed by atoms with van der Waals surface area (Å²) < 4.78 is 5.57. The van der Waals surface area contributed by atoms with Crippen LogP contribution < -0.4 is 5.32 Å². The molecule has 4 nitrogen and oxygen atoms in total. The first kappa shape index (κ1) is 12.3. The molecule has 3 aliphatic rings. The van der Waals surface area contributed by atoms with E-state index in [0.717, 1.165) is 25.3 Å². The number of hydrogen-bond acceptors (Lipinski definition) is 3. The van der Waals surface area contributed by atoms with Gasteiger partial charge in [-0.1, -0.05) is 6.92 Å². The Kier molecular flexibility index (Phi) is 2.63. The van der Waals surface area contributed by atoms with Crippen molar-refractivity contribution in [1.29, 1.82) is 0 Å². The van der Waals surface area contributed by atoms with Gasteiger partial charge in [-0.2, -0.15) is 0 Å². The molecule has 3 heterocycles. The number of piperidine rings is 2. The van der Waals surface area contributed by atoms with Gasteiger partial charge in [0, 0.05) is 12.1 Å². The summed E-state index contributed by atoms with van der Waals surface area (Å²) in [5.74, 6) is 1.30. The van der Waals surface area contributed by atoms with E-state index in [0.29, 0.717) is 24.0 Å². The van der Waals surface area contributed by atoms with Crippen molar-refractivity contribution in [3.63, 3.8) is 0 Å². The zero-order chi connectivity index (χ0) is 13.1. The van der Waals surface area contributed by atoms with Gasteiger partial charge in [0.05, 0.1) is 6.04 Å². The van der Waals surface area contributed by atoms with Gasteiger partial charge in [-0.05, 0) is 52.0 Å². The number of amides is 1. The maximum absolute atomic E-state index is 12.4. The van der Waals surface area contributed by atoms with Crippen molar-refractivity contribution in [2.75, 3.05) is 6.54 Å². The van der Waals surface area contributed by atoms with Crippen LogP contribution in [0.1, 0.15) is 40.5 Å². The molecule has 4 heteroatoms. The highest BCUT2D eigenvalue weighted by molar-refractivity contribution is 5.70. The maximum Gasteiger partial charge on any atom is 0.410 e. The van der Waals surface area contributed by atoms with Gasteiger partial charge in [-0.25, -0.2) is 4.79 Å². The third kappa shape index (κ3) is 1.81. The molecular weight excluding hydrogens is 228 g/mol. The number of carbonyl (C=O) groups excluding carboxylic acids is 1. The van der Waals surface area contributed by atoms with E-state index in [1.165, 1.54) is 0 Å². The molecule has 0 radical (unpaired) electrons. The topological polar surface area (TPSA) is 41.6 Å². The predicted molar refractivity (Wildman–Crippen MR) is 69.3 cm³/mol. The van der Waals surface area contributed by atoms with Gasteiger partial charge in [-0.3, -0.25) is 0 Å². The van der Waals surface area contributed by atoms with E-state index in [2.05, 4.69) is 12.2 Å². The molecule has 3 bridgehead atoms. The first-order chi connectivity index (χ1) is 8.37. The minimum absolute atomic E-state index is 0.117. The largest absolute Gasteiger partial charge is 0.444 e. The van der Waals surface area contributed by atoms with Crippen molar-refractivity contribution >= 4 is 6.09 Å². The average molecular weight is 252 g/mol. The first-order valence-electron chi connectivity index (χ1n) is 7.11. The van der Waals surface area contributed by atoms with Crippen LogP contribution in [0.3, 0.4) is 0 Å². The summed E-state index contributed by atoms with van der Waals surface area (Å²) in [6.07, 6.45) is 2.17. The third-order valence-corrected chi connectivity index (χ3v) is 4.70. The molecular formula is C14H24N2O2. The summed E-state index contributed by atoms with van der Waals surface area (Å²) in [5, 5.41) is 3.62. The lowest BCUT2D eigenvalue weighted by atomic mass is 9.88. The Hall–Kier alpha value is -0.770. The zero-order valence-corrected chi connectivity index (χ0v) is 11.8. The second kappa shape index (κ2) is 3.86. The SMILES string of the molecule is C[C@H]1[C@H]2NC[C@@H]3C[C@H]1N(C(=O)OC(C)(C)C)[C@H]2C3. The smallest absolute Gasteiger partial charge is 0.410 e. The van der Waals surface area contributed by atoms with Gasteiger partial charge in [0.15, 0.2) is 0 Å². The predicted octanol–water partition coefficient (Wildman–Crippen LogP) is 1.99. The fraction of sp³-hybridized carbons (Fsp3) is 0.929. The Labute approximate surface area is 109 Å². The lowest BCUT2D eigenvalue weighted by Crippen LogP contribution is -2.56. The van der Waals surface area contributed by atoms with Gasteiger partial charge in [0.1, 0.15) is 5.60 Å². The number of rotatable bonds is 0. The normalized spacial score (nSPS) is 42.2. The molecule has 3 rings (SSSR count). The summed E-state index contributed by atoms with van der Waals surface area (Å²) in [6, 6.07) is 1.21. The summed E-state index contributed by atoms with van der Waals surface area (Å²) >= 11 is 0. The van der Waals surface area contributed by atoms with E-state index < -0.39 is 5.60 Å². The quantitative estimate of drug-likeness (QED) is 0.717. The van der Waals surface area contributed by atoms with E-state index >= 15 is 0 Å². The van der Waals surface area contributed by atoms with Crippen molar-refractivity contribution in [3.8, 4) is 0 Å². The second-order valence-corrected chi connectivity index (χ2v) is 7.15. The number of hydrogen-bond donors (Lipinski definition) is 1. The third-order valence-electron chi connectivity index (χ3n) is 4.70. The molecule has 0 aromatic carbocycles. The Morgan fingerprint density at radius 3 is 2.61 bits per heavy atom. The molecule has 3 fully saturated rings. The fourth-order valence-electron chi connectivity index (χ4n) is 4.01. The monoisotopic (exact) mass is 252 g/mol. The molecule has 0 aliphatic carbocycles. The van der Waals surface area contributed by atoms with E-state index in [1.807, 2.05) is 25.7 Å². The molecule has 1 amide bonds. The molecule has 0 aromatic rings. The average Bonchev–Trinajstić information content (AvgIpc) is 2.35. The number of carbonyl (C=O) groups is 1. The standard InChI is InChI=1S/C14H24N2O2/c1-8-10-5-9-6-11(12(8)15-7-9)16(10)13(17)18-14(2,3)4/h8-12,15H,5-7H2,1-4H3/t8-,9-,10-,11+,12-/m1/s1. The summed E-state index contributed by atoms with van der Waals surface area (Å²) in [7, 11) is 0. The van der Waals surface area contributed by atoms with Gasteiger partial charge < -0.3 is 15.0 Å². The molecule has 0 unspecified atom stereocenters. The van der Waals surface area contributed by atoms with E-state index in [4.69, 9.17) is 4.74 Å². The number of nitrogens with zero attached hydrogens (tertiary/aromatic N) is 1. The number of ether oxygens (including phenoxy) is 1. The van der Waals surface area contributed by atoms with E-state index in [-0.39, 0.29) is 6.09 Å². The van der Waals surface area contributed by atoms with Crippen LogP contribution in [0, 0.1) is 11.8 Å². The van der Waals surface area contributed by atoms with Crippen molar-refractivity contribution in [2.45, 2.75) is 64.3 Å². The highest BCUT2D eigenvalue weighted by atomic mass is 16.6. The minimum Gasteiger partial charge on any atom is -0.444 e. The molecule has 0 spiro atoms. The van der Waals surface area contributed by atoms with Gasteiger partial charge in [0.25, 0.3) is 0 Å². The van der Waals surface area contributed by atoms with Crippen LogP contribution in [0.15, 0.2) is 0 Å². The summed E-state index contributed by atoms with van der Waals surface area (Å²) in [5.41, 5.74) is -0.399. The molecule has 102 valence electrons. The van der Waals surface area contributed by atoms with Crippen LogP contribution in [0.4, 0.5) is 4.79 Å². The fourth-order valence-corrected chi connectivity index (χ4v) is 4.01. The van der Waals surface area contributed by atoms with Crippen molar-refractivity contribution in [2.24, 2.45) is 11.8 Å². The maximum atomic E-state index is 12.4. The highest BCUT2D eigenvalue weighted by Crippen LogP contribution is 2.45. The zero-order valence-electron chi connectivity index (χ0n) is 11.8. The van der Waals surface area contributed by atoms with Crippen LogP contribution in [0.5, 0.6) is 0 Å². The molecule has 5 atom stereocenters. The van der Waals surface area contributed by atoms with Crippen molar-refractivity contribution in [3.05, 3.63) is 0 Å². The second-order valence-electron chi connectivity index (χ2n) is 7.15. The van der Waals surface area contributed by atoms with Crippen LogP contribution in [-0.2, 0) is 4.74 Å². The minimum atomic E-state index is -0.399. The molecule has 0 aromatic heterocycles. The molecule has 3 aliphatic heterocycles. The Morgan fingerprint density at radius 2 is 1.94 bits per heavy atom. The van der Waals surface area contributed by atoms with E-state index in [9.17, 15) is 4.79 Å². The molecule has 3 saturated heterocycles. The van der Waals surface area contributed by atoms with Crippen molar-refractivity contribution < 1.29 is 9.53 Å². The van der Waals surface area contributed by atoms with E-state index in [1.54, 1.807) is 0 Å². The van der Waals surface area contributed by atoms with Gasteiger partial charge in [-0.15, -0.1) is 0 Å². The van der Waals surface area contributed by atoms with Gasteiger partial charge in [0.2, 0.25) is 0 Å². The van der Waals surface area contributed by atoms with Crippen LogP contribution >= 0.6 is 0 Å². The number of fused-ring (bicyclic) bond motifs is 2. The molecule has 1 N–H and O–H groups in total. The lowest BCUT2D eigenvalue weighted by Gasteiger charge is -2.43. The Morgan fingerprint density at radius 1 is 1.28 bits per heavy atom. The Balaban J connectivity index is 1.81. The highest BCUT2D eigenvalue weighted by Gasteiger charge is 2.56. The summed E-state index contributed by atoms with van der Waals surface area (Å²) in [6.45, 7) is 9.21.